The maximum atomic E-state index is 13.8. The quantitative estimate of drug-likeness (QED) is 0.923. The molecule has 0 saturated carbocycles. The van der Waals surface area contributed by atoms with E-state index in [1.54, 1.807) is 27.7 Å². The maximum Gasteiger partial charge on any atom is 0.318 e. The van der Waals surface area contributed by atoms with Crippen molar-refractivity contribution in [2.45, 2.75) is 38.1 Å². The van der Waals surface area contributed by atoms with E-state index in [9.17, 15) is 17.6 Å². The van der Waals surface area contributed by atoms with Crippen LogP contribution < -0.4 is 0 Å². The number of rotatable bonds is 4. The molecule has 0 aliphatic carbocycles. The lowest BCUT2D eigenvalue weighted by Crippen LogP contribution is -2.48. The summed E-state index contributed by atoms with van der Waals surface area (Å²) < 4.78 is 39.6. The smallest absolute Gasteiger partial charge is 0.318 e. The van der Waals surface area contributed by atoms with Crippen LogP contribution in [0.25, 0.3) is 0 Å². The van der Waals surface area contributed by atoms with Gasteiger partial charge in [0, 0.05) is 5.54 Å². The van der Waals surface area contributed by atoms with Crippen molar-refractivity contribution in [3.8, 4) is 0 Å². The Morgan fingerprint density at radius 3 is 2.35 bits per heavy atom. The minimum absolute atomic E-state index is 0.506. The van der Waals surface area contributed by atoms with E-state index in [-0.39, 0.29) is 0 Å². The summed E-state index contributed by atoms with van der Waals surface area (Å²) in [5, 5.41) is 8.88. The Morgan fingerprint density at radius 2 is 1.90 bits per heavy atom. The lowest BCUT2D eigenvalue weighted by atomic mass is 10.1. The predicted molar refractivity (Wildman–Crippen MR) is 72.4 cm³/mol. The maximum absolute atomic E-state index is 13.8. The SMILES string of the molecule is Cc1ccc(F)c(S(=O)(=O)N(CC(=O)O)C(C)(C)C)c1. The van der Waals surface area contributed by atoms with Crippen molar-refractivity contribution in [1.29, 1.82) is 0 Å². The molecule has 0 saturated heterocycles. The van der Waals surface area contributed by atoms with Crippen LogP contribution in [0.1, 0.15) is 26.3 Å². The summed E-state index contributed by atoms with van der Waals surface area (Å²) in [6.45, 7) is 5.58. The number of aryl methyl sites for hydroxylation is 1. The molecule has 0 aliphatic rings. The predicted octanol–water partition coefficient (Wildman–Crippen LogP) is 2.01. The van der Waals surface area contributed by atoms with Gasteiger partial charge in [0.25, 0.3) is 0 Å². The Labute approximate surface area is 118 Å². The molecule has 1 aromatic carbocycles. The van der Waals surface area contributed by atoms with Crippen LogP contribution in [0.2, 0.25) is 0 Å². The number of hydrogen-bond acceptors (Lipinski definition) is 3. The van der Waals surface area contributed by atoms with Crippen LogP contribution in [0, 0.1) is 12.7 Å². The zero-order valence-corrected chi connectivity index (χ0v) is 12.7. The molecule has 7 heteroatoms. The van der Waals surface area contributed by atoms with Gasteiger partial charge in [0.2, 0.25) is 10.0 Å². The number of sulfonamides is 1. The molecule has 5 nitrogen and oxygen atoms in total. The Hall–Kier alpha value is -1.47. The molecule has 0 heterocycles. The molecule has 0 aromatic heterocycles. The number of benzene rings is 1. The fourth-order valence-corrected chi connectivity index (χ4v) is 3.62. The summed E-state index contributed by atoms with van der Waals surface area (Å²) in [5.74, 6) is -2.19. The van der Waals surface area contributed by atoms with Gasteiger partial charge in [-0.3, -0.25) is 4.79 Å². The molecule has 0 amide bonds. The monoisotopic (exact) mass is 303 g/mol. The van der Waals surface area contributed by atoms with Crippen molar-refractivity contribution >= 4 is 16.0 Å². The Kier molecular flexibility index (Phi) is 4.55. The molecular weight excluding hydrogens is 285 g/mol. The van der Waals surface area contributed by atoms with Crippen molar-refractivity contribution in [2.24, 2.45) is 0 Å². The van der Waals surface area contributed by atoms with E-state index < -0.39 is 38.8 Å². The van der Waals surface area contributed by atoms with Crippen LogP contribution in [0.3, 0.4) is 0 Å². The molecule has 1 rings (SSSR count). The third-order valence-electron chi connectivity index (χ3n) is 2.68. The highest BCUT2D eigenvalue weighted by molar-refractivity contribution is 7.89. The minimum atomic E-state index is -4.23. The molecule has 0 atom stereocenters. The Bertz CT molecular complexity index is 620. The first-order valence-electron chi connectivity index (χ1n) is 5.97. The summed E-state index contributed by atoms with van der Waals surface area (Å²) in [6.07, 6.45) is 0. The van der Waals surface area contributed by atoms with E-state index in [1.165, 1.54) is 12.1 Å². The van der Waals surface area contributed by atoms with Crippen molar-refractivity contribution in [2.75, 3.05) is 6.54 Å². The summed E-state index contributed by atoms with van der Waals surface area (Å²) in [4.78, 5) is 10.4. The molecule has 0 spiro atoms. The Balaban J connectivity index is 3.44. The van der Waals surface area contributed by atoms with Crippen LogP contribution in [-0.2, 0) is 14.8 Å². The fourth-order valence-electron chi connectivity index (χ4n) is 1.73. The molecule has 20 heavy (non-hydrogen) atoms. The first kappa shape index (κ1) is 16.6. The summed E-state index contributed by atoms with van der Waals surface area (Å²) in [7, 11) is -4.23. The molecule has 0 aliphatic heterocycles. The molecule has 1 N–H and O–H groups in total. The van der Waals surface area contributed by atoms with E-state index in [1.807, 2.05) is 0 Å². The van der Waals surface area contributed by atoms with E-state index >= 15 is 0 Å². The largest absolute Gasteiger partial charge is 0.480 e. The van der Waals surface area contributed by atoms with Crippen molar-refractivity contribution in [3.05, 3.63) is 29.6 Å². The zero-order chi connectivity index (χ0) is 15.7. The van der Waals surface area contributed by atoms with Crippen LogP contribution in [0.4, 0.5) is 4.39 Å². The van der Waals surface area contributed by atoms with Gasteiger partial charge in [-0.2, -0.15) is 4.31 Å². The van der Waals surface area contributed by atoms with Gasteiger partial charge in [-0.05, 0) is 45.4 Å². The van der Waals surface area contributed by atoms with Crippen molar-refractivity contribution < 1.29 is 22.7 Å². The second kappa shape index (κ2) is 5.49. The van der Waals surface area contributed by atoms with E-state index in [4.69, 9.17) is 5.11 Å². The van der Waals surface area contributed by atoms with E-state index in [0.29, 0.717) is 5.56 Å². The fraction of sp³-hybridized carbons (Fsp3) is 0.462. The number of carboxylic acids is 1. The number of carboxylic acid groups (broad SMARTS) is 1. The number of carbonyl (C=O) groups is 1. The van der Waals surface area contributed by atoms with Crippen LogP contribution in [0.5, 0.6) is 0 Å². The molecule has 0 radical (unpaired) electrons. The summed E-state index contributed by atoms with van der Waals surface area (Å²) >= 11 is 0. The molecular formula is C13H18FNO4S. The standard InChI is InChI=1S/C13H18FNO4S/c1-9-5-6-10(14)11(7-9)20(18,19)15(8-12(16)17)13(2,3)4/h5-7H,8H2,1-4H3,(H,16,17). The Morgan fingerprint density at radius 1 is 1.35 bits per heavy atom. The van der Waals surface area contributed by atoms with Crippen LogP contribution in [0.15, 0.2) is 23.1 Å². The van der Waals surface area contributed by atoms with Gasteiger partial charge in [-0.25, -0.2) is 12.8 Å². The average Bonchev–Trinajstić information content (AvgIpc) is 2.27. The number of hydrogen-bond donors (Lipinski definition) is 1. The third kappa shape index (κ3) is 3.55. The van der Waals surface area contributed by atoms with E-state index in [2.05, 4.69) is 0 Å². The van der Waals surface area contributed by atoms with Crippen molar-refractivity contribution in [3.63, 3.8) is 0 Å². The summed E-state index contributed by atoms with van der Waals surface area (Å²) in [6, 6.07) is 3.71. The van der Waals surface area contributed by atoms with Gasteiger partial charge in [-0.1, -0.05) is 6.07 Å². The highest BCUT2D eigenvalue weighted by Gasteiger charge is 2.37. The highest BCUT2D eigenvalue weighted by Crippen LogP contribution is 2.26. The first-order chi connectivity index (χ1) is 8.96. The summed E-state index contributed by atoms with van der Waals surface area (Å²) in [5.41, 5.74) is -0.401. The van der Waals surface area contributed by atoms with Gasteiger partial charge in [0.1, 0.15) is 17.3 Å². The lowest BCUT2D eigenvalue weighted by Gasteiger charge is -2.33. The van der Waals surface area contributed by atoms with Gasteiger partial charge < -0.3 is 5.11 Å². The third-order valence-corrected chi connectivity index (χ3v) is 4.81. The molecule has 112 valence electrons. The highest BCUT2D eigenvalue weighted by atomic mass is 32.2. The van der Waals surface area contributed by atoms with Gasteiger partial charge in [0.05, 0.1) is 0 Å². The second-order valence-corrected chi connectivity index (χ2v) is 7.34. The number of halogens is 1. The lowest BCUT2D eigenvalue weighted by molar-refractivity contribution is -0.138. The average molecular weight is 303 g/mol. The topological polar surface area (TPSA) is 74.7 Å². The van der Waals surface area contributed by atoms with Gasteiger partial charge in [0.15, 0.2) is 0 Å². The molecule has 0 unspecified atom stereocenters. The molecule has 1 aromatic rings. The molecule has 0 fully saturated rings. The van der Waals surface area contributed by atoms with E-state index in [0.717, 1.165) is 10.4 Å². The number of nitrogens with zero attached hydrogens (tertiary/aromatic N) is 1. The molecule has 0 bridgehead atoms. The van der Waals surface area contributed by atoms with Crippen LogP contribution >= 0.6 is 0 Å². The zero-order valence-electron chi connectivity index (χ0n) is 11.8. The van der Waals surface area contributed by atoms with Crippen molar-refractivity contribution in [1.82, 2.24) is 4.31 Å². The van der Waals surface area contributed by atoms with Gasteiger partial charge >= 0.3 is 5.97 Å². The normalized spacial score (nSPS) is 12.7. The second-order valence-electron chi connectivity index (χ2n) is 5.51. The van der Waals surface area contributed by atoms with Gasteiger partial charge in [-0.15, -0.1) is 0 Å². The minimum Gasteiger partial charge on any atom is -0.480 e. The first-order valence-corrected chi connectivity index (χ1v) is 7.41. The number of aliphatic carboxylic acids is 1. The van der Waals surface area contributed by atoms with Crippen LogP contribution in [-0.4, -0.2) is 35.9 Å².